The number of methoxy groups -OCH3 is 4. The van der Waals surface area contributed by atoms with Gasteiger partial charge in [0.2, 0.25) is 0 Å². The number of hydrogen-bond acceptors (Lipinski definition) is 6. The molecule has 6 nitrogen and oxygen atoms in total. The van der Waals surface area contributed by atoms with Crippen molar-refractivity contribution < 1.29 is 28.8 Å². The van der Waals surface area contributed by atoms with Crippen LogP contribution in [-0.4, -0.2) is 39.5 Å². The largest absolute Gasteiger partial charge is 0.496 e. The quantitative estimate of drug-likeness (QED) is 0.854. The van der Waals surface area contributed by atoms with Crippen LogP contribution in [0, 0.1) is 18.8 Å². The summed E-state index contributed by atoms with van der Waals surface area (Å²) >= 11 is 0. The second-order valence-electron chi connectivity index (χ2n) is 5.79. The average Bonchev–Trinajstić information content (AvgIpc) is 2.54. The van der Waals surface area contributed by atoms with Crippen LogP contribution in [0.2, 0.25) is 0 Å². The molecule has 0 amide bonds. The van der Waals surface area contributed by atoms with Crippen LogP contribution in [0.4, 0.5) is 0 Å². The monoisotopic (exact) mass is 324 g/mol. The SMILES string of the molecule is COC(=O)[C@@H]1C(C)Cc2c(OC)c(OC)c(C)c(OC)c2[C@@H]1O. The van der Waals surface area contributed by atoms with Crippen molar-refractivity contribution in [2.45, 2.75) is 26.4 Å². The first kappa shape index (κ1) is 17.4. The van der Waals surface area contributed by atoms with E-state index in [9.17, 15) is 9.90 Å². The van der Waals surface area contributed by atoms with Crippen LogP contribution < -0.4 is 14.2 Å². The van der Waals surface area contributed by atoms with Gasteiger partial charge < -0.3 is 24.1 Å². The standard InChI is InChI=1S/C17H24O6/c1-8-7-10-12(13(18)11(8)17(19)23-6)14(20-3)9(2)15(21-4)16(10)22-5/h8,11,13,18H,7H2,1-6H3/t8?,11-,13-/m1/s1. The van der Waals surface area contributed by atoms with Crippen LogP contribution in [0.15, 0.2) is 0 Å². The highest BCUT2D eigenvalue weighted by Crippen LogP contribution is 2.52. The molecule has 0 aliphatic heterocycles. The van der Waals surface area contributed by atoms with Gasteiger partial charge >= 0.3 is 5.97 Å². The summed E-state index contributed by atoms with van der Waals surface area (Å²) in [4.78, 5) is 12.1. The van der Waals surface area contributed by atoms with Crippen LogP contribution in [0.25, 0.3) is 0 Å². The van der Waals surface area contributed by atoms with Crippen LogP contribution in [-0.2, 0) is 16.0 Å². The van der Waals surface area contributed by atoms with Crippen LogP contribution in [0.1, 0.15) is 29.7 Å². The fraction of sp³-hybridized carbons (Fsp3) is 0.588. The van der Waals surface area contributed by atoms with Gasteiger partial charge in [-0.25, -0.2) is 0 Å². The number of fused-ring (bicyclic) bond motifs is 1. The topological polar surface area (TPSA) is 74.2 Å². The van der Waals surface area contributed by atoms with Crippen molar-refractivity contribution in [1.82, 2.24) is 0 Å². The van der Waals surface area contributed by atoms with Gasteiger partial charge in [-0.3, -0.25) is 4.79 Å². The minimum Gasteiger partial charge on any atom is -0.496 e. The smallest absolute Gasteiger partial charge is 0.311 e. The molecule has 2 rings (SSSR count). The Morgan fingerprint density at radius 3 is 2.09 bits per heavy atom. The third-order valence-electron chi connectivity index (χ3n) is 4.59. The zero-order valence-corrected chi connectivity index (χ0v) is 14.4. The lowest BCUT2D eigenvalue weighted by atomic mass is 9.73. The predicted molar refractivity (Wildman–Crippen MR) is 84.2 cm³/mol. The number of carbonyl (C=O) groups is 1. The normalized spacial score (nSPS) is 23.0. The van der Waals surface area contributed by atoms with Gasteiger partial charge in [0.25, 0.3) is 0 Å². The Labute approximate surface area is 136 Å². The molecule has 0 bridgehead atoms. The summed E-state index contributed by atoms with van der Waals surface area (Å²) in [6.07, 6.45) is -0.461. The Kier molecular flexibility index (Phi) is 5.04. The van der Waals surface area contributed by atoms with E-state index in [4.69, 9.17) is 18.9 Å². The molecule has 0 saturated heterocycles. The van der Waals surface area contributed by atoms with E-state index in [1.54, 1.807) is 14.2 Å². The Morgan fingerprint density at radius 1 is 1.04 bits per heavy atom. The molecule has 0 spiro atoms. The van der Waals surface area contributed by atoms with E-state index in [1.165, 1.54) is 14.2 Å². The molecule has 0 fully saturated rings. The van der Waals surface area contributed by atoms with Crippen LogP contribution >= 0.6 is 0 Å². The minimum absolute atomic E-state index is 0.101. The summed E-state index contributed by atoms with van der Waals surface area (Å²) in [7, 11) is 5.99. The molecule has 1 N–H and O–H groups in total. The van der Waals surface area contributed by atoms with Gasteiger partial charge in [-0.05, 0) is 19.3 Å². The molecular weight excluding hydrogens is 300 g/mol. The van der Waals surface area contributed by atoms with E-state index in [1.807, 2.05) is 13.8 Å². The molecule has 1 aromatic carbocycles. The van der Waals surface area contributed by atoms with Gasteiger partial charge in [0.15, 0.2) is 11.5 Å². The highest BCUT2D eigenvalue weighted by atomic mass is 16.5. The van der Waals surface area contributed by atoms with E-state index in [0.29, 0.717) is 29.2 Å². The summed E-state index contributed by atoms with van der Waals surface area (Å²) < 4.78 is 21.3. The number of esters is 1. The lowest BCUT2D eigenvalue weighted by Gasteiger charge is -2.36. The maximum Gasteiger partial charge on any atom is 0.311 e. The number of carbonyl (C=O) groups excluding carboxylic acids is 1. The van der Waals surface area contributed by atoms with Gasteiger partial charge in [0, 0.05) is 16.7 Å². The Bertz CT molecular complexity index is 610. The van der Waals surface area contributed by atoms with Crippen molar-refractivity contribution >= 4 is 5.97 Å². The molecular formula is C17H24O6. The second-order valence-corrected chi connectivity index (χ2v) is 5.79. The highest BCUT2D eigenvalue weighted by molar-refractivity contribution is 5.76. The molecule has 1 aliphatic rings. The maximum atomic E-state index is 12.1. The molecule has 1 unspecified atom stereocenters. The number of hydrogen-bond donors (Lipinski definition) is 1. The number of aliphatic hydroxyl groups excluding tert-OH is 1. The minimum atomic E-state index is -1.02. The first-order valence-electron chi connectivity index (χ1n) is 7.49. The van der Waals surface area contributed by atoms with Gasteiger partial charge in [-0.15, -0.1) is 0 Å². The van der Waals surface area contributed by atoms with Gasteiger partial charge in [0.1, 0.15) is 5.75 Å². The van der Waals surface area contributed by atoms with Crippen LogP contribution in [0.5, 0.6) is 17.2 Å². The summed E-state index contributed by atoms with van der Waals surface area (Å²) in [5.74, 6) is 0.514. The summed E-state index contributed by atoms with van der Waals surface area (Å²) in [5, 5.41) is 10.8. The molecule has 128 valence electrons. The maximum absolute atomic E-state index is 12.1. The number of ether oxygens (including phenoxy) is 4. The molecule has 0 radical (unpaired) electrons. The summed E-state index contributed by atoms with van der Waals surface area (Å²) in [6, 6.07) is 0. The fourth-order valence-electron chi connectivity index (χ4n) is 3.55. The zero-order valence-electron chi connectivity index (χ0n) is 14.4. The van der Waals surface area contributed by atoms with Gasteiger partial charge in [0.05, 0.1) is 40.5 Å². The van der Waals surface area contributed by atoms with Crippen molar-refractivity contribution in [2.75, 3.05) is 28.4 Å². The molecule has 0 aromatic heterocycles. The predicted octanol–water partition coefficient (Wildman–Crippen LogP) is 2.04. The van der Waals surface area contributed by atoms with Crippen molar-refractivity contribution in [3.63, 3.8) is 0 Å². The van der Waals surface area contributed by atoms with Crippen molar-refractivity contribution in [3.8, 4) is 17.2 Å². The van der Waals surface area contributed by atoms with E-state index in [2.05, 4.69) is 0 Å². The Morgan fingerprint density at radius 2 is 1.61 bits per heavy atom. The highest BCUT2D eigenvalue weighted by Gasteiger charge is 2.43. The third kappa shape index (κ3) is 2.61. The van der Waals surface area contributed by atoms with Gasteiger partial charge in [-0.1, -0.05) is 6.92 Å². The van der Waals surface area contributed by atoms with Crippen molar-refractivity contribution in [3.05, 3.63) is 16.7 Å². The zero-order chi connectivity index (χ0) is 17.3. The van der Waals surface area contributed by atoms with Crippen molar-refractivity contribution in [1.29, 1.82) is 0 Å². The molecule has 1 aliphatic carbocycles. The first-order valence-corrected chi connectivity index (χ1v) is 7.49. The Balaban J connectivity index is 2.74. The second kappa shape index (κ2) is 6.66. The van der Waals surface area contributed by atoms with E-state index < -0.39 is 18.0 Å². The lowest BCUT2D eigenvalue weighted by Crippen LogP contribution is -2.35. The number of rotatable bonds is 4. The molecule has 1 aromatic rings. The number of benzene rings is 1. The number of aliphatic hydroxyl groups is 1. The van der Waals surface area contributed by atoms with Crippen LogP contribution in [0.3, 0.4) is 0 Å². The summed E-state index contributed by atoms with van der Waals surface area (Å²) in [5.41, 5.74) is 2.12. The van der Waals surface area contributed by atoms with E-state index in [0.717, 1.165) is 11.1 Å². The first-order chi connectivity index (χ1) is 10.9. The van der Waals surface area contributed by atoms with E-state index in [-0.39, 0.29) is 5.92 Å². The van der Waals surface area contributed by atoms with Crippen molar-refractivity contribution in [2.24, 2.45) is 11.8 Å². The molecule has 0 saturated carbocycles. The molecule has 23 heavy (non-hydrogen) atoms. The average molecular weight is 324 g/mol. The van der Waals surface area contributed by atoms with E-state index >= 15 is 0 Å². The summed E-state index contributed by atoms with van der Waals surface area (Å²) in [6.45, 7) is 3.74. The Hall–Kier alpha value is -1.95. The molecule has 3 atom stereocenters. The third-order valence-corrected chi connectivity index (χ3v) is 4.59. The molecule has 6 heteroatoms. The molecule has 0 heterocycles. The van der Waals surface area contributed by atoms with Gasteiger partial charge in [-0.2, -0.15) is 0 Å². The fourth-order valence-corrected chi connectivity index (χ4v) is 3.55. The lowest BCUT2D eigenvalue weighted by molar-refractivity contribution is -0.153.